The highest BCUT2D eigenvalue weighted by atomic mass is 32.1. The van der Waals surface area contributed by atoms with Gasteiger partial charge in [0.2, 0.25) is 0 Å². The van der Waals surface area contributed by atoms with E-state index in [4.69, 9.17) is 4.74 Å². The molecule has 0 aliphatic heterocycles. The quantitative estimate of drug-likeness (QED) is 0.371. The molecule has 0 spiro atoms. The number of nitrogens with zero attached hydrogens (tertiary/aromatic N) is 2. The Morgan fingerprint density at radius 2 is 1.88 bits per heavy atom. The number of aryl methyl sites for hydroxylation is 1. The topological polar surface area (TPSA) is 56.2 Å². The Balaban J connectivity index is 1.61. The molecule has 0 bridgehead atoms. The molecule has 2 aromatic carbocycles. The smallest absolute Gasteiger partial charge is 0.420 e. The van der Waals surface area contributed by atoms with Gasteiger partial charge in [0, 0.05) is 36.1 Å². The van der Waals surface area contributed by atoms with Crippen molar-refractivity contribution in [3.63, 3.8) is 0 Å². The molecule has 1 N–H and O–H groups in total. The summed E-state index contributed by atoms with van der Waals surface area (Å²) >= 11 is 1.28. The molecular formula is C23H18F3N3O2S. The van der Waals surface area contributed by atoms with Gasteiger partial charge in [0.05, 0.1) is 0 Å². The number of carbonyl (C=O) groups is 1. The molecule has 0 atom stereocenters. The standard InChI is InChI=1S/C23H18F3N3O2S/c1-14-17(27-21(30)18-13-32-22(28-18)15-10-11-29(2)12-15)8-9-19(20(14)23(24,25)26)31-16-6-4-3-5-7-16/h3-13H,1-2H3,(H,27,30). The number of ether oxygens (including phenoxy) is 1. The average Bonchev–Trinajstić information content (AvgIpc) is 3.39. The Bertz CT molecular complexity index is 1260. The fraction of sp³-hybridized carbons (Fsp3) is 0.130. The van der Waals surface area contributed by atoms with Gasteiger partial charge in [-0.2, -0.15) is 13.2 Å². The van der Waals surface area contributed by atoms with E-state index in [1.807, 2.05) is 30.1 Å². The molecule has 2 heterocycles. The third kappa shape index (κ3) is 4.52. The summed E-state index contributed by atoms with van der Waals surface area (Å²) in [6.45, 7) is 1.30. The van der Waals surface area contributed by atoms with Gasteiger partial charge in [-0.25, -0.2) is 4.98 Å². The van der Waals surface area contributed by atoms with Gasteiger partial charge in [-0.1, -0.05) is 18.2 Å². The number of para-hydroxylation sites is 1. The van der Waals surface area contributed by atoms with E-state index in [1.165, 1.54) is 30.4 Å². The van der Waals surface area contributed by atoms with Crippen LogP contribution < -0.4 is 10.1 Å². The number of aromatic nitrogens is 2. The first-order valence-electron chi connectivity index (χ1n) is 9.55. The lowest BCUT2D eigenvalue weighted by molar-refractivity contribution is -0.139. The molecule has 0 fully saturated rings. The Labute approximate surface area is 186 Å². The van der Waals surface area contributed by atoms with Gasteiger partial charge in [0.25, 0.3) is 5.91 Å². The molecular weight excluding hydrogens is 439 g/mol. The largest absolute Gasteiger partial charge is 0.457 e. The number of rotatable bonds is 5. The monoisotopic (exact) mass is 457 g/mol. The second kappa shape index (κ2) is 8.51. The van der Waals surface area contributed by atoms with Crippen molar-refractivity contribution in [1.29, 1.82) is 0 Å². The Morgan fingerprint density at radius 1 is 1.12 bits per heavy atom. The Kier molecular flexibility index (Phi) is 5.75. The maximum Gasteiger partial charge on any atom is 0.420 e. The Hall–Kier alpha value is -3.59. The third-order valence-corrected chi connectivity index (χ3v) is 5.64. The van der Waals surface area contributed by atoms with E-state index in [9.17, 15) is 18.0 Å². The second-order valence-corrected chi connectivity index (χ2v) is 7.94. The number of thiazole rings is 1. The predicted molar refractivity (Wildman–Crippen MR) is 117 cm³/mol. The minimum atomic E-state index is -4.67. The number of amides is 1. The van der Waals surface area contributed by atoms with E-state index >= 15 is 0 Å². The molecule has 0 radical (unpaired) electrons. The molecule has 0 saturated heterocycles. The lowest BCUT2D eigenvalue weighted by Crippen LogP contribution is -2.16. The van der Waals surface area contributed by atoms with Crippen molar-refractivity contribution >= 4 is 22.9 Å². The summed E-state index contributed by atoms with van der Waals surface area (Å²) in [4.78, 5) is 17.0. The lowest BCUT2D eigenvalue weighted by atomic mass is 10.0. The van der Waals surface area contributed by atoms with Gasteiger partial charge in [0.15, 0.2) is 0 Å². The van der Waals surface area contributed by atoms with Crippen molar-refractivity contribution in [2.24, 2.45) is 7.05 Å². The van der Waals surface area contributed by atoms with Crippen molar-refractivity contribution < 1.29 is 22.7 Å². The van der Waals surface area contributed by atoms with Crippen molar-refractivity contribution in [2.45, 2.75) is 13.1 Å². The van der Waals surface area contributed by atoms with Crippen LogP contribution >= 0.6 is 11.3 Å². The highest BCUT2D eigenvalue weighted by Gasteiger charge is 2.37. The van der Waals surface area contributed by atoms with E-state index in [1.54, 1.807) is 35.7 Å². The zero-order chi connectivity index (χ0) is 22.9. The number of alkyl halides is 3. The second-order valence-electron chi connectivity index (χ2n) is 7.08. The van der Waals surface area contributed by atoms with Crippen LogP contribution in [0.5, 0.6) is 11.5 Å². The van der Waals surface area contributed by atoms with Gasteiger partial charge in [0.1, 0.15) is 27.8 Å². The minimum absolute atomic E-state index is 0.0389. The summed E-state index contributed by atoms with van der Waals surface area (Å²) in [5.74, 6) is -0.638. The first-order valence-corrected chi connectivity index (χ1v) is 10.4. The van der Waals surface area contributed by atoms with Crippen LogP contribution in [0, 0.1) is 6.92 Å². The third-order valence-electron chi connectivity index (χ3n) is 4.75. The number of hydrogen-bond donors (Lipinski definition) is 1. The Morgan fingerprint density at radius 3 is 2.53 bits per heavy atom. The normalized spacial score (nSPS) is 11.4. The molecule has 0 aliphatic carbocycles. The number of anilines is 1. The molecule has 164 valence electrons. The van der Waals surface area contributed by atoms with Crippen LogP contribution in [0.1, 0.15) is 21.6 Å². The van der Waals surface area contributed by atoms with Crippen LogP contribution in [0.3, 0.4) is 0 Å². The van der Waals surface area contributed by atoms with Crippen molar-refractivity contribution in [3.05, 3.63) is 83.1 Å². The SMILES string of the molecule is Cc1c(NC(=O)c2csc(-c3ccn(C)c3)n2)ccc(Oc2ccccc2)c1C(F)(F)F. The first-order chi connectivity index (χ1) is 15.2. The molecule has 9 heteroatoms. The zero-order valence-electron chi connectivity index (χ0n) is 17.1. The molecule has 0 saturated carbocycles. The summed E-state index contributed by atoms with van der Waals surface area (Å²) < 4.78 is 48.8. The van der Waals surface area contributed by atoms with Crippen LogP contribution in [-0.4, -0.2) is 15.5 Å². The van der Waals surface area contributed by atoms with Crippen molar-refractivity contribution in [2.75, 3.05) is 5.32 Å². The minimum Gasteiger partial charge on any atom is -0.457 e. The molecule has 5 nitrogen and oxygen atoms in total. The average molecular weight is 457 g/mol. The highest BCUT2D eigenvalue weighted by Crippen LogP contribution is 2.42. The number of carbonyl (C=O) groups excluding carboxylic acids is 1. The van der Waals surface area contributed by atoms with Gasteiger partial charge in [-0.3, -0.25) is 4.79 Å². The van der Waals surface area contributed by atoms with E-state index < -0.39 is 17.6 Å². The number of hydrogen-bond acceptors (Lipinski definition) is 4. The van der Waals surface area contributed by atoms with E-state index in [-0.39, 0.29) is 28.4 Å². The molecule has 0 aliphatic rings. The fourth-order valence-corrected chi connectivity index (χ4v) is 3.99. The lowest BCUT2D eigenvalue weighted by Gasteiger charge is -2.19. The number of halogens is 3. The fourth-order valence-electron chi connectivity index (χ4n) is 3.20. The van der Waals surface area contributed by atoms with Crippen LogP contribution in [0.4, 0.5) is 18.9 Å². The molecule has 32 heavy (non-hydrogen) atoms. The molecule has 2 aromatic heterocycles. The van der Waals surface area contributed by atoms with Crippen LogP contribution in [0.25, 0.3) is 10.6 Å². The summed E-state index contributed by atoms with van der Waals surface area (Å²) in [5.41, 5.74) is -0.0573. The van der Waals surface area contributed by atoms with Gasteiger partial charge in [-0.15, -0.1) is 11.3 Å². The predicted octanol–water partition coefficient (Wildman–Crippen LogP) is 6.52. The van der Waals surface area contributed by atoms with Crippen molar-refractivity contribution in [3.8, 4) is 22.1 Å². The van der Waals surface area contributed by atoms with Gasteiger partial charge >= 0.3 is 6.18 Å². The van der Waals surface area contributed by atoms with E-state index in [0.29, 0.717) is 5.01 Å². The van der Waals surface area contributed by atoms with E-state index in [0.717, 1.165) is 5.56 Å². The van der Waals surface area contributed by atoms with Crippen molar-refractivity contribution in [1.82, 2.24) is 9.55 Å². The van der Waals surface area contributed by atoms with Crippen LogP contribution in [0.15, 0.2) is 66.3 Å². The van der Waals surface area contributed by atoms with Gasteiger partial charge < -0.3 is 14.6 Å². The van der Waals surface area contributed by atoms with E-state index in [2.05, 4.69) is 10.3 Å². The maximum atomic E-state index is 13.8. The summed E-state index contributed by atoms with van der Waals surface area (Å²) in [6, 6.07) is 12.7. The summed E-state index contributed by atoms with van der Waals surface area (Å²) in [6.07, 6.45) is -0.945. The zero-order valence-corrected chi connectivity index (χ0v) is 17.9. The molecule has 0 unspecified atom stereocenters. The molecule has 1 amide bonds. The molecule has 4 rings (SSSR count). The number of benzene rings is 2. The summed E-state index contributed by atoms with van der Waals surface area (Å²) in [7, 11) is 1.87. The first kappa shape index (κ1) is 21.6. The summed E-state index contributed by atoms with van der Waals surface area (Å²) in [5, 5.41) is 4.77. The molecule has 4 aromatic rings. The maximum absolute atomic E-state index is 13.8. The van der Waals surface area contributed by atoms with Crippen LogP contribution in [0.2, 0.25) is 0 Å². The number of nitrogens with one attached hydrogen (secondary N) is 1. The van der Waals surface area contributed by atoms with Gasteiger partial charge in [-0.05, 0) is 42.8 Å². The highest BCUT2D eigenvalue weighted by molar-refractivity contribution is 7.13. The van der Waals surface area contributed by atoms with Crippen LogP contribution in [-0.2, 0) is 13.2 Å².